The van der Waals surface area contributed by atoms with Crippen LogP contribution in [0.15, 0.2) is 73.4 Å². The molecule has 12 nitrogen and oxygen atoms in total. The molecule has 0 spiro atoms. The number of esters is 1. The maximum atomic E-state index is 12.7. The van der Waals surface area contributed by atoms with Gasteiger partial charge in [0.05, 0.1) is 38.0 Å². The average Bonchev–Trinajstić information content (AvgIpc) is 3.52. The van der Waals surface area contributed by atoms with Crippen molar-refractivity contribution in [2.24, 2.45) is 0 Å². The lowest BCUT2D eigenvalue weighted by atomic mass is 10.0. The number of rotatable bonds is 16. The molecule has 2 fully saturated rings. The fourth-order valence-electron chi connectivity index (χ4n) is 5.64. The number of alkyl carbamates (subject to hydrolysis) is 1. The van der Waals surface area contributed by atoms with Crippen molar-refractivity contribution in [3.8, 4) is 22.8 Å². The quantitative estimate of drug-likeness (QED) is 0.115. The van der Waals surface area contributed by atoms with Gasteiger partial charge < -0.3 is 33.7 Å². The van der Waals surface area contributed by atoms with Crippen molar-refractivity contribution in [2.75, 3.05) is 72.9 Å². The molecule has 1 N–H and O–H groups in total. The van der Waals surface area contributed by atoms with Crippen LogP contribution in [0.2, 0.25) is 0 Å². The van der Waals surface area contributed by atoms with E-state index in [9.17, 15) is 9.59 Å². The molecule has 2 saturated heterocycles. The van der Waals surface area contributed by atoms with Gasteiger partial charge >= 0.3 is 12.1 Å². The summed E-state index contributed by atoms with van der Waals surface area (Å²) in [7, 11) is 1.36. The Labute approximate surface area is 287 Å². The summed E-state index contributed by atoms with van der Waals surface area (Å²) in [6.45, 7) is 9.61. The molecule has 1 atom stereocenters. The minimum absolute atomic E-state index is 0.177. The summed E-state index contributed by atoms with van der Waals surface area (Å²) >= 11 is 0. The molecule has 3 aromatic rings. The van der Waals surface area contributed by atoms with Crippen molar-refractivity contribution in [1.82, 2.24) is 20.0 Å². The number of nitrogens with zero attached hydrogens (tertiary/aromatic N) is 3. The second kappa shape index (κ2) is 18.8. The standard InChI is InChI=1S/C37H46N4O8/c1-3-4-5-6-8-19-49-37(43)38-14-10-20-46-30-12-13-33-32(27-30)35(39-41(33)34-11-7-9-18-48-34)28-24-29(36(42)44-2)26-31(25-28)47-23-17-40-15-21-45-22-16-40/h3-6,8,12-13,24-27,34H,1,7,9-11,14-23H2,2H3,(H,38,43)/b5-4-,8-6+. The van der Waals surface area contributed by atoms with E-state index in [2.05, 4.69) is 16.8 Å². The van der Waals surface area contributed by atoms with Crippen LogP contribution >= 0.6 is 0 Å². The number of hydrogen-bond donors (Lipinski definition) is 1. The first-order valence-corrected chi connectivity index (χ1v) is 16.8. The highest BCUT2D eigenvalue weighted by molar-refractivity contribution is 5.97. The number of carbonyl (C=O) groups is 2. The van der Waals surface area contributed by atoms with Gasteiger partial charge in [-0.2, -0.15) is 5.10 Å². The summed E-state index contributed by atoms with van der Waals surface area (Å²) in [6, 6.07) is 11.2. The Morgan fingerprint density at radius 1 is 1.02 bits per heavy atom. The molecule has 0 radical (unpaired) electrons. The lowest BCUT2D eigenvalue weighted by molar-refractivity contribution is -0.0365. The molecule has 262 valence electrons. The number of aromatic nitrogens is 2. The van der Waals surface area contributed by atoms with Crippen molar-refractivity contribution in [1.29, 1.82) is 0 Å². The van der Waals surface area contributed by atoms with Gasteiger partial charge in [0.2, 0.25) is 0 Å². The highest BCUT2D eigenvalue weighted by atomic mass is 16.5. The third-order valence-corrected chi connectivity index (χ3v) is 8.15. The third kappa shape index (κ3) is 10.4. The molecular weight excluding hydrogens is 628 g/mol. The summed E-state index contributed by atoms with van der Waals surface area (Å²) in [5.41, 5.74) is 2.66. The zero-order valence-electron chi connectivity index (χ0n) is 28.1. The van der Waals surface area contributed by atoms with E-state index in [0.29, 0.717) is 68.8 Å². The van der Waals surface area contributed by atoms with Crippen LogP contribution in [0.5, 0.6) is 11.5 Å². The molecule has 3 heterocycles. The van der Waals surface area contributed by atoms with E-state index < -0.39 is 12.1 Å². The van der Waals surface area contributed by atoms with Gasteiger partial charge in [-0.15, -0.1) is 0 Å². The Morgan fingerprint density at radius 3 is 2.67 bits per heavy atom. The van der Waals surface area contributed by atoms with Gasteiger partial charge in [0, 0.05) is 43.7 Å². The summed E-state index contributed by atoms with van der Waals surface area (Å²) < 4.78 is 36.0. The molecular formula is C37H46N4O8. The van der Waals surface area contributed by atoms with E-state index in [1.807, 2.05) is 28.9 Å². The average molecular weight is 675 g/mol. The van der Waals surface area contributed by atoms with Crippen LogP contribution in [0.25, 0.3) is 22.2 Å². The van der Waals surface area contributed by atoms with Crippen LogP contribution in [0.3, 0.4) is 0 Å². The molecule has 2 aliphatic heterocycles. The van der Waals surface area contributed by atoms with Crippen molar-refractivity contribution < 1.29 is 38.0 Å². The Hall–Kier alpha value is -4.65. The first-order valence-electron chi connectivity index (χ1n) is 16.8. The Kier molecular flexibility index (Phi) is 13.7. The molecule has 1 aromatic heterocycles. The molecule has 5 rings (SSSR count). The molecule has 0 aliphatic carbocycles. The maximum absolute atomic E-state index is 12.7. The van der Waals surface area contributed by atoms with Crippen LogP contribution in [-0.4, -0.2) is 99.7 Å². The number of carbonyl (C=O) groups excluding carboxylic acids is 2. The summed E-state index contributed by atoms with van der Waals surface area (Å²) in [6.07, 6.45) is 11.6. The highest BCUT2D eigenvalue weighted by Crippen LogP contribution is 2.36. The minimum Gasteiger partial charge on any atom is -0.494 e. The molecule has 12 heteroatoms. The summed E-state index contributed by atoms with van der Waals surface area (Å²) in [5, 5.41) is 8.64. The fraction of sp³-hybridized carbons (Fsp3) is 0.432. The SMILES string of the molecule is C=C/C=C\C=C\COC(=O)NCCCOc1ccc2c(c1)c(-c1cc(OCCN3CCOCC3)cc(C(=O)OC)c1)nn2C1CCCCO1. The molecule has 2 aromatic carbocycles. The number of nitrogens with one attached hydrogen (secondary N) is 1. The number of hydrogen-bond acceptors (Lipinski definition) is 10. The number of benzene rings is 2. The van der Waals surface area contributed by atoms with Crippen LogP contribution in [0.1, 0.15) is 42.3 Å². The first kappa shape index (κ1) is 35.7. The number of morpholine rings is 1. The molecule has 0 bridgehead atoms. The van der Waals surface area contributed by atoms with E-state index in [-0.39, 0.29) is 12.8 Å². The van der Waals surface area contributed by atoms with Crippen LogP contribution in [0, 0.1) is 0 Å². The highest BCUT2D eigenvalue weighted by Gasteiger charge is 2.23. The Balaban J connectivity index is 1.31. The molecule has 1 unspecified atom stereocenters. The second-order valence-electron chi connectivity index (χ2n) is 11.6. The zero-order chi connectivity index (χ0) is 34.3. The van der Waals surface area contributed by atoms with Crippen molar-refractivity contribution in [3.05, 3.63) is 78.9 Å². The lowest BCUT2D eigenvalue weighted by Crippen LogP contribution is -2.38. The topological polar surface area (TPSA) is 123 Å². The van der Waals surface area contributed by atoms with E-state index in [1.54, 1.807) is 42.5 Å². The van der Waals surface area contributed by atoms with E-state index in [4.69, 9.17) is 33.5 Å². The monoisotopic (exact) mass is 674 g/mol. The number of allylic oxidation sites excluding steroid dienone is 4. The van der Waals surface area contributed by atoms with Crippen molar-refractivity contribution in [2.45, 2.75) is 31.9 Å². The van der Waals surface area contributed by atoms with E-state index in [0.717, 1.165) is 55.4 Å². The fourth-order valence-corrected chi connectivity index (χ4v) is 5.64. The molecule has 0 saturated carbocycles. The number of fused-ring (bicyclic) bond motifs is 1. The molecule has 1 amide bonds. The molecule has 49 heavy (non-hydrogen) atoms. The Bertz CT molecular complexity index is 1610. The number of ether oxygens (including phenoxy) is 6. The number of amides is 1. The molecule has 2 aliphatic rings. The predicted molar refractivity (Wildman–Crippen MR) is 186 cm³/mol. The van der Waals surface area contributed by atoms with Gasteiger partial charge in [0.25, 0.3) is 0 Å². The van der Waals surface area contributed by atoms with Crippen LogP contribution in [0.4, 0.5) is 4.79 Å². The van der Waals surface area contributed by atoms with E-state index >= 15 is 0 Å². The first-order chi connectivity index (χ1) is 24.1. The van der Waals surface area contributed by atoms with Crippen molar-refractivity contribution >= 4 is 23.0 Å². The van der Waals surface area contributed by atoms with Gasteiger partial charge in [-0.25, -0.2) is 14.3 Å². The van der Waals surface area contributed by atoms with Gasteiger partial charge in [0.15, 0.2) is 6.23 Å². The van der Waals surface area contributed by atoms with Gasteiger partial charge in [-0.3, -0.25) is 4.90 Å². The smallest absolute Gasteiger partial charge is 0.407 e. The maximum Gasteiger partial charge on any atom is 0.407 e. The van der Waals surface area contributed by atoms with E-state index in [1.165, 1.54) is 7.11 Å². The van der Waals surface area contributed by atoms with Gasteiger partial charge in [0.1, 0.15) is 30.4 Å². The second-order valence-corrected chi connectivity index (χ2v) is 11.6. The predicted octanol–water partition coefficient (Wildman–Crippen LogP) is 5.69. The zero-order valence-corrected chi connectivity index (χ0v) is 28.1. The summed E-state index contributed by atoms with van der Waals surface area (Å²) in [4.78, 5) is 27.0. The minimum atomic E-state index is -0.487. The van der Waals surface area contributed by atoms with Crippen LogP contribution < -0.4 is 14.8 Å². The van der Waals surface area contributed by atoms with Gasteiger partial charge in [-0.1, -0.05) is 30.9 Å². The number of methoxy groups -OCH3 is 1. The van der Waals surface area contributed by atoms with Gasteiger partial charge in [-0.05, 0) is 68.2 Å². The summed E-state index contributed by atoms with van der Waals surface area (Å²) in [5.74, 6) is 0.754. The van der Waals surface area contributed by atoms with Crippen LogP contribution in [-0.2, 0) is 18.9 Å². The van der Waals surface area contributed by atoms with Crippen molar-refractivity contribution in [3.63, 3.8) is 0 Å². The normalized spacial score (nSPS) is 17.0. The third-order valence-electron chi connectivity index (χ3n) is 8.15. The Morgan fingerprint density at radius 2 is 1.88 bits per heavy atom. The lowest BCUT2D eigenvalue weighted by Gasteiger charge is -2.26. The largest absolute Gasteiger partial charge is 0.494 e.